The molecule has 1 heterocycles. The summed E-state index contributed by atoms with van der Waals surface area (Å²) in [4.78, 5) is 13.3. The van der Waals surface area contributed by atoms with E-state index in [1.54, 1.807) is 6.07 Å². The summed E-state index contributed by atoms with van der Waals surface area (Å²) in [5.41, 5.74) is 2.41. The van der Waals surface area contributed by atoms with Crippen LogP contribution in [0.15, 0.2) is 41.0 Å². The highest BCUT2D eigenvalue weighted by Crippen LogP contribution is 2.37. The van der Waals surface area contributed by atoms with Crippen molar-refractivity contribution in [2.24, 2.45) is 0 Å². The van der Waals surface area contributed by atoms with Gasteiger partial charge in [0, 0.05) is 13.1 Å². The van der Waals surface area contributed by atoms with Gasteiger partial charge in [-0.15, -0.1) is 0 Å². The summed E-state index contributed by atoms with van der Waals surface area (Å²) in [6, 6.07) is 11.4. The fourth-order valence-corrected chi connectivity index (χ4v) is 2.80. The van der Waals surface area contributed by atoms with Gasteiger partial charge in [0.1, 0.15) is 5.69 Å². The maximum absolute atomic E-state index is 11.6. The third-order valence-electron chi connectivity index (χ3n) is 4.12. The van der Waals surface area contributed by atoms with Crippen molar-refractivity contribution >= 4 is 28.1 Å². The van der Waals surface area contributed by atoms with Gasteiger partial charge < -0.3 is 15.5 Å². The minimum absolute atomic E-state index is 0.133. The van der Waals surface area contributed by atoms with E-state index in [1.165, 1.54) is 0 Å². The van der Waals surface area contributed by atoms with Crippen LogP contribution in [0.3, 0.4) is 0 Å². The lowest BCUT2D eigenvalue weighted by atomic mass is 10.1. The standard InChI is InChI=1S/C18H22N6O3/c1-23(2)10-6-9-19-14-11-15(20-12-13-7-4-3-5-8-13)18(24(25)26)17-16(14)21-27-22-17/h3-5,7-8,11,19-20H,6,9-10,12H2,1-2H3. The molecule has 27 heavy (non-hydrogen) atoms. The Balaban J connectivity index is 1.88. The van der Waals surface area contributed by atoms with E-state index in [1.807, 2.05) is 44.4 Å². The number of benzene rings is 2. The second kappa shape index (κ2) is 8.45. The van der Waals surface area contributed by atoms with Gasteiger partial charge in [0.2, 0.25) is 5.52 Å². The number of aromatic nitrogens is 2. The topological polar surface area (TPSA) is 109 Å². The van der Waals surface area contributed by atoms with Crippen LogP contribution in [0.5, 0.6) is 0 Å². The molecule has 0 aliphatic heterocycles. The number of nitrogens with zero attached hydrogens (tertiary/aromatic N) is 4. The Bertz CT molecular complexity index is 910. The van der Waals surface area contributed by atoms with Crippen molar-refractivity contribution in [1.82, 2.24) is 15.2 Å². The fourth-order valence-electron chi connectivity index (χ4n) is 2.80. The fraction of sp³-hybridized carbons (Fsp3) is 0.333. The lowest BCUT2D eigenvalue weighted by Gasteiger charge is -2.13. The maximum Gasteiger partial charge on any atom is 0.323 e. The normalized spacial score (nSPS) is 11.1. The van der Waals surface area contributed by atoms with Crippen molar-refractivity contribution in [2.75, 3.05) is 37.8 Å². The van der Waals surface area contributed by atoms with Crippen LogP contribution in [0.1, 0.15) is 12.0 Å². The summed E-state index contributed by atoms with van der Waals surface area (Å²) in [5.74, 6) is 0. The van der Waals surface area contributed by atoms with Gasteiger partial charge in [-0.3, -0.25) is 10.1 Å². The molecule has 0 spiro atoms. The Kier molecular flexibility index (Phi) is 5.82. The smallest absolute Gasteiger partial charge is 0.323 e. The summed E-state index contributed by atoms with van der Waals surface area (Å²) < 4.78 is 4.78. The average Bonchev–Trinajstić information content (AvgIpc) is 3.13. The van der Waals surface area contributed by atoms with Crippen LogP contribution < -0.4 is 10.6 Å². The molecule has 0 fully saturated rings. The third-order valence-corrected chi connectivity index (χ3v) is 4.12. The van der Waals surface area contributed by atoms with E-state index < -0.39 is 4.92 Å². The van der Waals surface area contributed by atoms with Gasteiger partial charge in [0.25, 0.3) is 0 Å². The molecule has 3 rings (SSSR count). The molecule has 9 heteroatoms. The summed E-state index contributed by atoms with van der Waals surface area (Å²) >= 11 is 0. The molecule has 142 valence electrons. The van der Waals surface area contributed by atoms with Crippen molar-refractivity contribution in [1.29, 1.82) is 0 Å². The number of hydrogen-bond donors (Lipinski definition) is 2. The van der Waals surface area contributed by atoms with E-state index in [-0.39, 0.29) is 11.2 Å². The first-order chi connectivity index (χ1) is 13.1. The van der Waals surface area contributed by atoms with E-state index in [0.717, 1.165) is 18.5 Å². The summed E-state index contributed by atoms with van der Waals surface area (Å²) in [5, 5.41) is 25.6. The summed E-state index contributed by atoms with van der Waals surface area (Å²) in [6.45, 7) is 2.09. The average molecular weight is 370 g/mol. The SMILES string of the molecule is CN(C)CCCNc1cc(NCc2ccccc2)c([N+](=O)[O-])c2nonc12. The van der Waals surface area contributed by atoms with E-state index in [4.69, 9.17) is 4.63 Å². The summed E-state index contributed by atoms with van der Waals surface area (Å²) in [6.07, 6.45) is 0.920. The minimum Gasteiger partial charge on any atom is -0.383 e. The number of rotatable bonds is 9. The van der Waals surface area contributed by atoms with Gasteiger partial charge in [-0.1, -0.05) is 30.3 Å². The first-order valence-electron chi connectivity index (χ1n) is 8.66. The number of nitro groups is 1. The predicted octanol–water partition coefficient (Wildman–Crippen LogP) is 3.11. The van der Waals surface area contributed by atoms with Gasteiger partial charge in [-0.25, -0.2) is 4.63 Å². The highest BCUT2D eigenvalue weighted by Gasteiger charge is 2.25. The van der Waals surface area contributed by atoms with Crippen LogP contribution in [-0.2, 0) is 6.54 Å². The number of anilines is 2. The van der Waals surface area contributed by atoms with Crippen LogP contribution >= 0.6 is 0 Å². The highest BCUT2D eigenvalue weighted by atomic mass is 16.6. The molecule has 0 radical (unpaired) electrons. The van der Waals surface area contributed by atoms with Gasteiger partial charge in [-0.2, -0.15) is 0 Å². The Labute approximate surface area is 156 Å². The second-order valence-corrected chi connectivity index (χ2v) is 6.46. The zero-order valence-electron chi connectivity index (χ0n) is 15.3. The molecule has 0 atom stereocenters. The molecule has 9 nitrogen and oxygen atoms in total. The molecule has 0 amide bonds. The Morgan fingerprint density at radius 2 is 1.85 bits per heavy atom. The predicted molar refractivity (Wildman–Crippen MR) is 104 cm³/mol. The summed E-state index contributed by atoms with van der Waals surface area (Å²) in [7, 11) is 4.02. The zero-order valence-corrected chi connectivity index (χ0v) is 15.3. The molecule has 0 aliphatic rings. The highest BCUT2D eigenvalue weighted by molar-refractivity contribution is 5.99. The molecule has 2 N–H and O–H groups in total. The first kappa shape index (κ1) is 18.6. The molecule has 3 aromatic rings. The Hall–Kier alpha value is -3.20. The van der Waals surface area contributed by atoms with Crippen LogP contribution in [0, 0.1) is 10.1 Å². The van der Waals surface area contributed by atoms with Gasteiger partial charge in [0.15, 0.2) is 5.52 Å². The van der Waals surface area contributed by atoms with Crippen molar-refractivity contribution < 1.29 is 9.55 Å². The Morgan fingerprint density at radius 1 is 1.11 bits per heavy atom. The van der Waals surface area contributed by atoms with Crippen molar-refractivity contribution in [3.63, 3.8) is 0 Å². The molecule has 0 unspecified atom stereocenters. The molecule has 0 bridgehead atoms. The monoisotopic (exact) mass is 370 g/mol. The Morgan fingerprint density at radius 3 is 2.56 bits per heavy atom. The molecular formula is C18H22N6O3. The van der Waals surface area contributed by atoms with Crippen molar-refractivity contribution in [3.8, 4) is 0 Å². The van der Waals surface area contributed by atoms with Gasteiger partial charge in [0.05, 0.1) is 10.6 Å². The second-order valence-electron chi connectivity index (χ2n) is 6.46. The molecular weight excluding hydrogens is 348 g/mol. The number of hydrogen-bond acceptors (Lipinski definition) is 8. The van der Waals surface area contributed by atoms with Gasteiger partial charge >= 0.3 is 5.69 Å². The van der Waals surface area contributed by atoms with Crippen LogP contribution in [0.2, 0.25) is 0 Å². The number of nitrogens with one attached hydrogen (secondary N) is 2. The van der Waals surface area contributed by atoms with Crippen LogP contribution in [0.25, 0.3) is 11.0 Å². The van der Waals surface area contributed by atoms with E-state index in [9.17, 15) is 10.1 Å². The van der Waals surface area contributed by atoms with E-state index >= 15 is 0 Å². The molecule has 1 aromatic heterocycles. The molecule has 0 aliphatic carbocycles. The number of nitro benzene ring substituents is 1. The lowest BCUT2D eigenvalue weighted by molar-refractivity contribution is -0.382. The molecule has 2 aromatic carbocycles. The first-order valence-corrected chi connectivity index (χ1v) is 8.66. The maximum atomic E-state index is 11.6. The molecule has 0 saturated carbocycles. The lowest BCUT2D eigenvalue weighted by Crippen LogP contribution is -2.16. The largest absolute Gasteiger partial charge is 0.383 e. The van der Waals surface area contributed by atoms with Crippen molar-refractivity contribution in [2.45, 2.75) is 13.0 Å². The van der Waals surface area contributed by atoms with Crippen molar-refractivity contribution in [3.05, 3.63) is 52.1 Å². The van der Waals surface area contributed by atoms with Crippen LogP contribution in [-0.4, -0.2) is 47.3 Å². The number of fused-ring (bicyclic) bond motifs is 1. The van der Waals surface area contributed by atoms with Crippen LogP contribution in [0.4, 0.5) is 17.1 Å². The van der Waals surface area contributed by atoms with Gasteiger partial charge in [-0.05, 0) is 49.0 Å². The third kappa shape index (κ3) is 4.50. The zero-order chi connectivity index (χ0) is 19.2. The van der Waals surface area contributed by atoms with E-state index in [2.05, 4.69) is 25.8 Å². The van der Waals surface area contributed by atoms with E-state index in [0.29, 0.717) is 30.0 Å². The quantitative estimate of drug-likeness (QED) is 0.336. The minimum atomic E-state index is -0.463. The molecule has 0 saturated heterocycles.